The molecule has 0 aliphatic carbocycles. The van der Waals surface area contributed by atoms with Gasteiger partial charge in [-0.3, -0.25) is 4.79 Å². The highest BCUT2D eigenvalue weighted by molar-refractivity contribution is 5.87. The van der Waals surface area contributed by atoms with Gasteiger partial charge in [-0.1, -0.05) is 38.5 Å². The summed E-state index contributed by atoms with van der Waals surface area (Å²) in [5, 5.41) is 11.6. The van der Waals surface area contributed by atoms with Crippen molar-refractivity contribution in [3.63, 3.8) is 0 Å². The van der Waals surface area contributed by atoms with Crippen molar-refractivity contribution in [3.05, 3.63) is 62.4 Å². The Morgan fingerprint density at radius 3 is 2.58 bits per heavy atom. The van der Waals surface area contributed by atoms with Gasteiger partial charge in [-0.05, 0) is 44.6 Å². The monoisotopic (exact) mass is 494 g/mol. The highest BCUT2D eigenvalue weighted by Gasteiger charge is 2.35. The van der Waals surface area contributed by atoms with E-state index in [9.17, 15) is 14.7 Å². The Balaban J connectivity index is 1.96. The van der Waals surface area contributed by atoms with Gasteiger partial charge in [-0.25, -0.2) is 4.79 Å². The van der Waals surface area contributed by atoms with Crippen molar-refractivity contribution in [2.75, 3.05) is 26.8 Å². The van der Waals surface area contributed by atoms with Crippen LogP contribution in [0.5, 0.6) is 5.75 Å². The molecule has 4 rings (SSSR count). The molecule has 194 valence electrons. The molecular formula is C29H38N2O5. The molecule has 1 fully saturated rings. The summed E-state index contributed by atoms with van der Waals surface area (Å²) in [6.45, 7) is 12.5. The Morgan fingerprint density at radius 1 is 1.22 bits per heavy atom. The number of benzene rings is 1. The fourth-order valence-corrected chi connectivity index (χ4v) is 5.31. The highest BCUT2D eigenvalue weighted by Crippen LogP contribution is 2.37. The summed E-state index contributed by atoms with van der Waals surface area (Å²) in [7, 11) is 2.03. The topological polar surface area (TPSA) is 81.0 Å². The molecule has 2 aromatic rings. The summed E-state index contributed by atoms with van der Waals surface area (Å²) in [6, 6.07) is 7.47. The number of fused-ring (bicyclic) bond motifs is 1. The standard InChI is InChI=1S/C29H38N2O5/c1-18(2)26-20(11-9-12-24(26)36-17-19-10-7-8-13-35-19)27-22-14-23(32)21(28(33)34)15-31(22)25(16-30(27)6)29(3,4)5/h9,11-12,14-15,19,25H,7-8,10,13,16-17H2,1-6H3,(H,33,34)/b27-20-. The number of carbonyl (C=O) groups is 1. The van der Waals surface area contributed by atoms with Crippen LogP contribution in [0, 0.1) is 5.41 Å². The van der Waals surface area contributed by atoms with Crippen LogP contribution >= 0.6 is 0 Å². The van der Waals surface area contributed by atoms with Crippen LogP contribution in [0.15, 0.2) is 35.3 Å². The van der Waals surface area contributed by atoms with E-state index in [0.717, 1.165) is 53.3 Å². The number of hydrogen-bond acceptors (Lipinski definition) is 5. The van der Waals surface area contributed by atoms with Crippen LogP contribution in [0.25, 0.3) is 11.3 Å². The minimum atomic E-state index is -1.21. The molecule has 2 aliphatic heterocycles. The van der Waals surface area contributed by atoms with E-state index in [1.165, 1.54) is 12.3 Å². The van der Waals surface area contributed by atoms with Crippen molar-refractivity contribution in [1.29, 1.82) is 0 Å². The largest absolute Gasteiger partial charge is 0.490 e. The molecule has 36 heavy (non-hydrogen) atoms. The Kier molecular flexibility index (Phi) is 7.32. The summed E-state index contributed by atoms with van der Waals surface area (Å²) in [5.74, 6) is -0.418. The second-order valence-electron chi connectivity index (χ2n) is 11.2. The van der Waals surface area contributed by atoms with Gasteiger partial charge in [-0.15, -0.1) is 0 Å². The number of nitrogens with zero attached hydrogens (tertiary/aromatic N) is 2. The Bertz CT molecular complexity index is 1320. The summed E-state index contributed by atoms with van der Waals surface area (Å²) < 4.78 is 14.2. The van der Waals surface area contributed by atoms with Crippen LogP contribution in [0.2, 0.25) is 0 Å². The average molecular weight is 495 g/mol. The van der Waals surface area contributed by atoms with Crippen LogP contribution < -0.4 is 20.6 Å². The fourth-order valence-electron chi connectivity index (χ4n) is 5.31. The summed E-state index contributed by atoms with van der Waals surface area (Å²) >= 11 is 0. The third kappa shape index (κ3) is 5.07. The maximum absolute atomic E-state index is 12.9. The molecule has 1 aromatic heterocycles. The first-order valence-electron chi connectivity index (χ1n) is 12.7. The molecule has 3 heterocycles. The number of rotatable bonds is 4. The van der Waals surface area contributed by atoms with Crippen molar-refractivity contribution >= 4 is 17.2 Å². The van der Waals surface area contributed by atoms with E-state index in [0.29, 0.717) is 18.8 Å². The van der Waals surface area contributed by atoms with Crippen LogP contribution in [-0.2, 0) is 4.74 Å². The molecule has 0 saturated carbocycles. The number of aromatic nitrogens is 1. The third-order valence-corrected chi connectivity index (χ3v) is 7.20. The predicted molar refractivity (Wildman–Crippen MR) is 141 cm³/mol. The van der Waals surface area contributed by atoms with E-state index in [2.05, 4.69) is 45.6 Å². The smallest absolute Gasteiger partial charge is 0.341 e. The number of pyridine rings is 1. The van der Waals surface area contributed by atoms with Crippen LogP contribution in [-0.4, -0.2) is 53.5 Å². The van der Waals surface area contributed by atoms with Crippen molar-refractivity contribution < 1.29 is 19.4 Å². The van der Waals surface area contributed by atoms with Crippen LogP contribution in [0.4, 0.5) is 0 Å². The van der Waals surface area contributed by atoms with E-state index in [4.69, 9.17) is 9.47 Å². The molecule has 2 atom stereocenters. The van der Waals surface area contributed by atoms with Crippen molar-refractivity contribution in [2.45, 2.75) is 66.0 Å². The molecule has 7 heteroatoms. The lowest BCUT2D eigenvalue weighted by Gasteiger charge is -2.43. The lowest BCUT2D eigenvalue weighted by atomic mass is 9.84. The van der Waals surface area contributed by atoms with Crippen molar-refractivity contribution in [2.24, 2.45) is 5.41 Å². The summed E-state index contributed by atoms with van der Waals surface area (Å²) in [6.07, 6.45) is 4.87. The SMILES string of the molecule is CC(C)=c1c(OCC2CCCCO2)ccc/c1=C1\c2cc(=O)c(C(=O)O)cn2C(C(C)(C)C)CN1C. The zero-order chi connectivity index (χ0) is 26.2. The molecule has 0 bridgehead atoms. The number of likely N-dealkylation sites (N-methyl/N-ethyl adjacent to an activating group) is 1. The summed E-state index contributed by atoms with van der Waals surface area (Å²) in [4.78, 5) is 26.9. The van der Waals surface area contributed by atoms with Gasteiger partial charge < -0.3 is 24.0 Å². The van der Waals surface area contributed by atoms with Crippen molar-refractivity contribution in [3.8, 4) is 5.75 Å². The lowest BCUT2D eigenvalue weighted by Crippen LogP contribution is -2.46. The number of carboxylic acids is 1. The first kappa shape index (κ1) is 26.0. The van der Waals surface area contributed by atoms with E-state index in [-0.39, 0.29) is 23.1 Å². The molecular weight excluding hydrogens is 456 g/mol. The van der Waals surface area contributed by atoms with Gasteiger partial charge in [0.1, 0.15) is 17.9 Å². The zero-order valence-electron chi connectivity index (χ0n) is 22.3. The zero-order valence-corrected chi connectivity index (χ0v) is 22.3. The molecule has 1 N–H and O–H groups in total. The van der Waals surface area contributed by atoms with Gasteiger partial charge in [0.2, 0.25) is 0 Å². The molecule has 0 radical (unpaired) electrons. The molecule has 2 unspecified atom stereocenters. The average Bonchev–Trinajstić information content (AvgIpc) is 2.81. The van der Waals surface area contributed by atoms with E-state index >= 15 is 0 Å². The highest BCUT2D eigenvalue weighted by atomic mass is 16.5. The number of hydrogen-bond donors (Lipinski definition) is 1. The Hall–Kier alpha value is -3.06. The van der Waals surface area contributed by atoms with Crippen LogP contribution in [0.1, 0.15) is 76.0 Å². The van der Waals surface area contributed by atoms with Gasteiger partial charge in [0.15, 0.2) is 5.43 Å². The number of carboxylic acid groups (broad SMARTS) is 1. The minimum Gasteiger partial charge on any atom is -0.490 e. The maximum Gasteiger partial charge on any atom is 0.341 e. The van der Waals surface area contributed by atoms with Gasteiger partial charge in [0.25, 0.3) is 0 Å². The van der Waals surface area contributed by atoms with E-state index in [1.54, 1.807) is 0 Å². The quantitative estimate of drug-likeness (QED) is 0.702. The normalized spacial score (nSPS) is 21.7. The number of ether oxygens (including phenoxy) is 2. The lowest BCUT2D eigenvalue weighted by molar-refractivity contribution is -0.0112. The van der Waals surface area contributed by atoms with Gasteiger partial charge >= 0.3 is 5.97 Å². The Labute approximate surface area is 212 Å². The third-order valence-electron chi connectivity index (χ3n) is 7.20. The van der Waals surface area contributed by atoms with Crippen molar-refractivity contribution in [1.82, 2.24) is 9.47 Å². The molecule has 7 nitrogen and oxygen atoms in total. The molecule has 1 saturated heterocycles. The van der Waals surface area contributed by atoms with Gasteiger partial charge in [0, 0.05) is 42.9 Å². The van der Waals surface area contributed by atoms with Gasteiger partial charge in [-0.2, -0.15) is 0 Å². The minimum absolute atomic E-state index is 0.0158. The second kappa shape index (κ2) is 10.1. The molecule has 0 amide bonds. The van der Waals surface area contributed by atoms with E-state index < -0.39 is 11.4 Å². The van der Waals surface area contributed by atoms with Gasteiger partial charge in [0.05, 0.1) is 23.5 Å². The molecule has 2 aliphatic rings. The number of aromatic carboxylic acids is 1. The fraction of sp³-hybridized carbons (Fsp3) is 0.517. The Morgan fingerprint density at radius 2 is 1.97 bits per heavy atom. The van der Waals surface area contributed by atoms with E-state index in [1.807, 2.05) is 23.7 Å². The van der Waals surface area contributed by atoms with Crippen LogP contribution in [0.3, 0.4) is 0 Å². The second-order valence-corrected chi connectivity index (χ2v) is 11.2. The summed E-state index contributed by atoms with van der Waals surface area (Å²) in [5.41, 5.74) is 1.85. The maximum atomic E-state index is 12.9. The molecule has 1 aromatic carbocycles. The molecule has 0 spiro atoms. The first-order valence-corrected chi connectivity index (χ1v) is 12.7. The predicted octanol–water partition coefficient (Wildman–Crippen LogP) is 3.37. The first-order chi connectivity index (χ1) is 17.0.